The predicted octanol–water partition coefficient (Wildman–Crippen LogP) is 2.66. The van der Waals surface area contributed by atoms with E-state index >= 15 is 0 Å². The second kappa shape index (κ2) is 8.84. The van der Waals surface area contributed by atoms with E-state index in [0.29, 0.717) is 45.3 Å². The zero-order valence-corrected chi connectivity index (χ0v) is 17.1. The number of amides is 2. The molecule has 3 heterocycles. The number of ether oxygens (including phenoxy) is 1. The van der Waals surface area contributed by atoms with Gasteiger partial charge in [-0.1, -0.05) is 30.3 Å². The lowest BCUT2D eigenvalue weighted by Crippen LogP contribution is -2.52. The third kappa shape index (κ3) is 4.81. The fourth-order valence-corrected chi connectivity index (χ4v) is 5.04. The molecule has 158 valence electrons. The standard InChI is InChI=1S/C23H32N2O4/c26-19-16-20(18-6-2-1-3-7-18)29-23(17-19)10-14-25(15-11-23)22(28)9-5-13-24-12-4-8-21(24)27/h1-3,6-7,19-20,26H,4-5,8-17H2/t19-,20-/m1/s1. The summed E-state index contributed by atoms with van der Waals surface area (Å²) in [6.07, 6.45) is 5.18. The predicted molar refractivity (Wildman–Crippen MR) is 109 cm³/mol. The maximum atomic E-state index is 12.6. The van der Waals surface area contributed by atoms with Crippen LogP contribution in [-0.4, -0.2) is 64.6 Å². The molecular weight excluding hydrogens is 368 g/mol. The van der Waals surface area contributed by atoms with Crippen LogP contribution in [0.5, 0.6) is 0 Å². The first kappa shape index (κ1) is 20.4. The monoisotopic (exact) mass is 400 g/mol. The maximum Gasteiger partial charge on any atom is 0.222 e. The quantitative estimate of drug-likeness (QED) is 0.825. The van der Waals surface area contributed by atoms with Gasteiger partial charge < -0.3 is 19.6 Å². The van der Waals surface area contributed by atoms with Crippen molar-refractivity contribution >= 4 is 11.8 Å². The Balaban J connectivity index is 1.27. The first-order valence-corrected chi connectivity index (χ1v) is 11.0. The van der Waals surface area contributed by atoms with Crippen LogP contribution in [0.2, 0.25) is 0 Å². The molecule has 2 amide bonds. The number of nitrogens with zero attached hydrogens (tertiary/aromatic N) is 2. The largest absolute Gasteiger partial charge is 0.393 e. The van der Waals surface area contributed by atoms with Crippen LogP contribution in [0, 0.1) is 0 Å². The molecule has 29 heavy (non-hydrogen) atoms. The minimum absolute atomic E-state index is 0.0831. The Morgan fingerprint density at radius 2 is 1.93 bits per heavy atom. The first-order valence-electron chi connectivity index (χ1n) is 11.0. The Labute approximate surface area is 172 Å². The van der Waals surface area contributed by atoms with E-state index in [4.69, 9.17) is 4.74 Å². The smallest absolute Gasteiger partial charge is 0.222 e. The molecule has 3 aliphatic rings. The molecular formula is C23H32N2O4. The molecule has 0 bridgehead atoms. The van der Waals surface area contributed by atoms with Gasteiger partial charge in [-0.3, -0.25) is 9.59 Å². The lowest BCUT2D eigenvalue weighted by molar-refractivity contribution is -0.185. The molecule has 0 aromatic heterocycles. The maximum absolute atomic E-state index is 12.6. The second-order valence-electron chi connectivity index (χ2n) is 8.76. The van der Waals surface area contributed by atoms with Crippen molar-refractivity contribution in [1.82, 2.24) is 9.80 Å². The van der Waals surface area contributed by atoms with Gasteiger partial charge in [-0.2, -0.15) is 0 Å². The van der Waals surface area contributed by atoms with Gasteiger partial charge in [0.05, 0.1) is 17.8 Å². The number of piperidine rings is 1. The molecule has 6 heteroatoms. The minimum atomic E-state index is -0.366. The summed E-state index contributed by atoms with van der Waals surface area (Å²) in [7, 11) is 0. The summed E-state index contributed by atoms with van der Waals surface area (Å²) in [6, 6.07) is 10.1. The van der Waals surface area contributed by atoms with E-state index in [0.717, 1.165) is 37.8 Å². The van der Waals surface area contributed by atoms with Crippen molar-refractivity contribution in [3.8, 4) is 0 Å². The van der Waals surface area contributed by atoms with Crippen molar-refractivity contribution < 1.29 is 19.4 Å². The molecule has 1 aromatic carbocycles. The summed E-state index contributed by atoms with van der Waals surface area (Å²) in [4.78, 5) is 28.1. The summed E-state index contributed by atoms with van der Waals surface area (Å²) >= 11 is 0. The Kier molecular flexibility index (Phi) is 6.20. The average molecular weight is 401 g/mol. The summed E-state index contributed by atoms with van der Waals surface area (Å²) in [5, 5.41) is 10.5. The Hall–Kier alpha value is -1.92. The molecule has 3 fully saturated rings. The van der Waals surface area contributed by atoms with E-state index in [9.17, 15) is 14.7 Å². The van der Waals surface area contributed by atoms with Gasteiger partial charge in [0.2, 0.25) is 11.8 Å². The zero-order chi connectivity index (χ0) is 20.3. The van der Waals surface area contributed by atoms with Gasteiger partial charge in [0.1, 0.15) is 0 Å². The van der Waals surface area contributed by atoms with Crippen LogP contribution in [0.3, 0.4) is 0 Å². The molecule has 0 radical (unpaired) electrons. The number of carbonyl (C=O) groups is 2. The number of benzene rings is 1. The van der Waals surface area contributed by atoms with Gasteiger partial charge in [-0.15, -0.1) is 0 Å². The molecule has 3 saturated heterocycles. The summed E-state index contributed by atoms with van der Waals surface area (Å²) in [6.45, 7) is 2.88. The van der Waals surface area contributed by atoms with Crippen LogP contribution in [-0.2, 0) is 14.3 Å². The minimum Gasteiger partial charge on any atom is -0.393 e. The van der Waals surface area contributed by atoms with E-state index in [1.807, 2.05) is 28.0 Å². The highest BCUT2D eigenvalue weighted by Crippen LogP contribution is 2.43. The van der Waals surface area contributed by atoms with Gasteiger partial charge in [-0.25, -0.2) is 0 Å². The van der Waals surface area contributed by atoms with Crippen molar-refractivity contribution in [2.75, 3.05) is 26.2 Å². The van der Waals surface area contributed by atoms with Gasteiger partial charge >= 0.3 is 0 Å². The topological polar surface area (TPSA) is 70.1 Å². The van der Waals surface area contributed by atoms with Crippen molar-refractivity contribution in [2.24, 2.45) is 0 Å². The Bertz CT molecular complexity index is 715. The second-order valence-corrected chi connectivity index (χ2v) is 8.76. The molecule has 3 aliphatic heterocycles. The molecule has 6 nitrogen and oxygen atoms in total. The van der Waals surface area contributed by atoms with E-state index in [-0.39, 0.29) is 29.6 Å². The van der Waals surface area contributed by atoms with E-state index in [2.05, 4.69) is 12.1 Å². The van der Waals surface area contributed by atoms with E-state index in [1.54, 1.807) is 0 Å². The number of likely N-dealkylation sites (tertiary alicyclic amines) is 2. The van der Waals surface area contributed by atoms with E-state index < -0.39 is 0 Å². The molecule has 0 unspecified atom stereocenters. The molecule has 4 rings (SSSR count). The number of rotatable bonds is 5. The zero-order valence-electron chi connectivity index (χ0n) is 17.1. The summed E-state index contributed by atoms with van der Waals surface area (Å²) < 4.78 is 6.52. The third-order valence-corrected chi connectivity index (χ3v) is 6.67. The van der Waals surface area contributed by atoms with Gasteiger partial charge in [0.15, 0.2) is 0 Å². The molecule has 1 spiro atoms. The lowest BCUT2D eigenvalue weighted by Gasteiger charge is -2.48. The fraction of sp³-hybridized carbons (Fsp3) is 0.652. The molecule has 1 N–H and O–H groups in total. The molecule has 0 saturated carbocycles. The van der Waals surface area contributed by atoms with E-state index in [1.165, 1.54) is 0 Å². The summed E-state index contributed by atoms with van der Waals surface area (Å²) in [5.74, 6) is 0.390. The fourth-order valence-electron chi connectivity index (χ4n) is 5.04. The van der Waals surface area contributed by atoms with Crippen LogP contribution in [0.4, 0.5) is 0 Å². The lowest BCUT2D eigenvalue weighted by atomic mass is 9.81. The highest BCUT2D eigenvalue weighted by molar-refractivity contribution is 5.78. The number of aliphatic hydroxyl groups is 1. The number of carbonyl (C=O) groups excluding carboxylic acids is 2. The third-order valence-electron chi connectivity index (χ3n) is 6.67. The van der Waals surface area contributed by atoms with Crippen LogP contribution >= 0.6 is 0 Å². The first-order chi connectivity index (χ1) is 14.0. The highest BCUT2D eigenvalue weighted by atomic mass is 16.5. The van der Waals surface area contributed by atoms with Crippen LogP contribution < -0.4 is 0 Å². The average Bonchev–Trinajstić information content (AvgIpc) is 3.13. The van der Waals surface area contributed by atoms with Gasteiger partial charge in [0, 0.05) is 51.9 Å². The normalized spacial score (nSPS) is 26.9. The van der Waals surface area contributed by atoms with Gasteiger partial charge in [-0.05, 0) is 31.2 Å². The number of hydrogen-bond donors (Lipinski definition) is 1. The molecule has 2 atom stereocenters. The SMILES string of the molecule is O=C1CCCN1CCCC(=O)N1CCC2(CC1)C[C@H](O)C[C@H](c1ccccc1)O2. The molecule has 1 aromatic rings. The van der Waals surface area contributed by atoms with Crippen molar-refractivity contribution in [3.05, 3.63) is 35.9 Å². The highest BCUT2D eigenvalue weighted by Gasteiger charge is 2.44. The van der Waals surface area contributed by atoms with Crippen LogP contribution in [0.25, 0.3) is 0 Å². The van der Waals surface area contributed by atoms with Crippen molar-refractivity contribution in [2.45, 2.75) is 69.2 Å². The van der Waals surface area contributed by atoms with Gasteiger partial charge in [0.25, 0.3) is 0 Å². The van der Waals surface area contributed by atoms with Crippen molar-refractivity contribution in [3.63, 3.8) is 0 Å². The molecule has 0 aliphatic carbocycles. The number of hydrogen-bond acceptors (Lipinski definition) is 4. The Morgan fingerprint density at radius 1 is 1.17 bits per heavy atom. The van der Waals surface area contributed by atoms with Crippen molar-refractivity contribution in [1.29, 1.82) is 0 Å². The summed E-state index contributed by atoms with van der Waals surface area (Å²) in [5.41, 5.74) is 0.775. The van der Waals surface area contributed by atoms with Crippen LogP contribution in [0.1, 0.15) is 63.0 Å². The van der Waals surface area contributed by atoms with Crippen LogP contribution in [0.15, 0.2) is 30.3 Å². The number of aliphatic hydroxyl groups excluding tert-OH is 1. The Morgan fingerprint density at radius 3 is 2.62 bits per heavy atom.